The molecule has 0 unspecified atom stereocenters. The maximum absolute atomic E-state index is 6.59. The van der Waals surface area contributed by atoms with Crippen molar-refractivity contribution in [2.75, 3.05) is 0 Å². The van der Waals surface area contributed by atoms with Crippen LogP contribution in [0.1, 0.15) is 0 Å². The highest BCUT2D eigenvalue weighted by Crippen LogP contribution is 2.40. The Kier molecular flexibility index (Phi) is 7.78. The topological polar surface area (TPSA) is 51.8 Å². The van der Waals surface area contributed by atoms with E-state index in [-0.39, 0.29) is 0 Å². The molecule has 57 heavy (non-hydrogen) atoms. The Labute approximate surface area is 329 Å². The number of aromatic nitrogens is 3. The quantitative estimate of drug-likeness (QED) is 0.160. The minimum atomic E-state index is 0.582. The van der Waals surface area contributed by atoms with Gasteiger partial charge in [-0.3, -0.25) is 0 Å². The first-order chi connectivity index (χ1) is 28.2. The van der Waals surface area contributed by atoms with E-state index in [4.69, 9.17) is 19.4 Å². The minimum Gasteiger partial charge on any atom is -0.456 e. The highest BCUT2D eigenvalue weighted by atomic mass is 16.3. The molecule has 11 rings (SSSR count). The van der Waals surface area contributed by atoms with Crippen molar-refractivity contribution in [3.63, 3.8) is 0 Å². The van der Waals surface area contributed by atoms with Crippen LogP contribution in [0.25, 0.3) is 111 Å². The Hall–Kier alpha value is -7.69. The Morgan fingerprint density at radius 2 is 0.807 bits per heavy atom. The Balaban J connectivity index is 1.06. The van der Waals surface area contributed by atoms with Gasteiger partial charge >= 0.3 is 0 Å². The van der Waals surface area contributed by atoms with Gasteiger partial charge in [-0.15, -0.1) is 0 Å². The lowest BCUT2D eigenvalue weighted by Gasteiger charge is -2.12. The average Bonchev–Trinajstić information content (AvgIpc) is 3.68. The van der Waals surface area contributed by atoms with Gasteiger partial charge in [0.1, 0.15) is 11.2 Å². The standard InChI is InChI=1S/C53H33N3O/c1-3-12-34(13-4-1)36-22-26-38(27-23-36)43-20-11-21-48-50(43)46-31-30-41(33-49(46)57-48)52-54-51(39-28-24-37(25-29-39)35-14-5-2-6-15-35)55-53(56-52)47-32-40-16-7-8-17-42(40)44-18-9-10-19-45(44)47/h1-33H. The van der Waals surface area contributed by atoms with E-state index in [1.54, 1.807) is 0 Å². The number of nitrogens with zero attached hydrogens (tertiary/aromatic N) is 3. The van der Waals surface area contributed by atoms with E-state index >= 15 is 0 Å². The highest BCUT2D eigenvalue weighted by Gasteiger charge is 2.18. The number of furan rings is 1. The molecule has 0 spiro atoms. The first kappa shape index (κ1) is 32.7. The van der Waals surface area contributed by atoms with Gasteiger partial charge in [-0.2, -0.15) is 0 Å². The molecule has 0 aliphatic carbocycles. The summed E-state index contributed by atoms with van der Waals surface area (Å²) in [5.41, 5.74) is 11.3. The zero-order chi connectivity index (χ0) is 37.7. The normalized spacial score (nSPS) is 11.5. The third-order valence-electron chi connectivity index (χ3n) is 11.0. The number of hydrogen-bond acceptors (Lipinski definition) is 4. The van der Waals surface area contributed by atoms with E-state index in [2.05, 4.69) is 182 Å². The van der Waals surface area contributed by atoms with E-state index in [0.717, 1.165) is 77.0 Å². The van der Waals surface area contributed by atoms with Gasteiger partial charge in [-0.25, -0.2) is 15.0 Å². The van der Waals surface area contributed by atoms with Gasteiger partial charge < -0.3 is 4.42 Å². The van der Waals surface area contributed by atoms with E-state index in [9.17, 15) is 0 Å². The molecule has 2 heterocycles. The summed E-state index contributed by atoms with van der Waals surface area (Å²) in [7, 11) is 0. The fourth-order valence-electron chi connectivity index (χ4n) is 8.11. The lowest BCUT2D eigenvalue weighted by molar-refractivity contribution is 0.669. The lowest BCUT2D eigenvalue weighted by atomic mass is 9.96. The van der Waals surface area contributed by atoms with Crippen molar-refractivity contribution in [2.24, 2.45) is 0 Å². The van der Waals surface area contributed by atoms with Crippen molar-refractivity contribution in [3.05, 3.63) is 200 Å². The maximum atomic E-state index is 6.59. The van der Waals surface area contributed by atoms with Crippen LogP contribution >= 0.6 is 0 Å². The van der Waals surface area contributed by atoms with Gasteiger partial charge in [0.25, 0.3) is 0 Å². The van der Waals surface area contributed by atoms with Crippen molar-refractivity contribution in [1.82, 2.24) is 15.0 Å². The number of rotatable bonds is 6. The van der Waals surface area contributed by atoms with Crippen LogP contribution < -0.4 is 0 Å². The molecule has 4 heteroatoms. The van der Waals surface area contributed by atoms with Gasteiger partial charge in [-0.1, -0.05) is 176 Å². The summed E-state index contributed by atoms with van der Waals surface area (Å²) in [6.07, 6.45) is 0. The van der Waals surface area contributed by atoms with Gasteiger partial charge in [0, 0.05) is 27.5 Å². The number of fused-ring (bicyclic) bond motifs is 6. The van der Waals surface area contributed by atoms with Crippen LogP contribution in [0, 0.1) is 0 Å². The Morgan fingerprint density at radius 3 is 1.51 bits per heavy atom. The third kappa shape index (κ3) is 5.83. The SMILES string of the molecule is c1ccc(-c2ccc(-c3nc(-c4ccc5c(c4)oc4cccc(-c6ccc(-c7ccccc7)cc6)c45)nc(-c4cc5ccccc5c5ccccc45)n3)cc2)cc1. The molecule has 11 aromatic rings. The Bertz CT molecular complexity index is 3260. The summed E-state index contributed by atoms with van der Waals surface area (Å²) >= 11 is 0. The van der Waals surface area contributed by atoms with Crippen LogP contribution in [-0.4, -0.2) is 15.0 Å². The zero-order valence-electron chi connectivity index (χ0n) is 30.8. The summed E-state index contributed by atoms with van der Waals surface area (Å²) in [4.78, 5) is 15.5. The van der Waals surface area contributed by atoms with Crippen LogP contribution in [0.3, 0.4) is 0 Å². The first-order valence-electron chi connectivity index (χ1n) is 19.2. The molecule has 2 aromatic heterocycles. The molecule has 0 radical (unpaired) electrons. The molecule has 0 aliphatic heterocycles. The average molecular weight is 728 g/mol. The second kappa shape index (κ2) is 13.6. The van der Waals surface area contributed by atoms with E-state index in [0.29, 0.717) is 17.5 Å². The fraction of sp³-hybridized carbons (Fsp3) is 0. The highest BCUT2D eigenvalue weighted by molar-refractivity contribution is 6.14. The molecule has 0 bridgehead atoms. The molecule has 0 saturated heterocycles. The van der Waals surface area contributed by atoms with Crippen LogP contribution in [0.4, 0.5) is 0 Å². The van der Waals surface area contributed by atoms with E-state index in [1.165, 1.54) is 16.5 Å². The molecule has 0 N–H and O–H groups in total. The number of benzene rings is 9. The van der Waals surface area contributed by atoms with E-state index in [1.807, 2.05) is 18.2 Å². The summed E-state index contributed by atoms with van der Waals surface area (Å²) in [5.74, 6) is 1.81. The van der Waals surface area contributed by atoms with Crippen LogP contribution in [0.15, 0.2) is 205 Å². The van der Waals surface area contributed by atoms with Crippen molar-refractivity contribution >= 4 is 43.5 Å². The molecule has 0 amide bonds. The summed E-state index contributed by atoms with van der Waals surface area (Å²) in [6.45, 7) is 0. The second-order valence-corrected chi connectivity index (χ2v) is 14.4. The van der Waals surface area contributed by atoms with Crippen LogP contribution in [0.5, 0.6) is 0 Å². The monoisotopic (exact) mass is 727 g/mol. The smallest absolute Gasteiger partial charge is 0.164 e. The van der Waals surface area contributed by atoms with Crippen molar-refractivity contribution in [1.29, 1.82) is 0 Å². The molecule has 9 aromatic carbocycles. The first-order valence-corrected chi connectivity index (χ1v) is 19.2. The van der Waals surface area contributed by atoms with Gasteiger partial charge in [-0.05, 0) is 79.2 Å². The minimum absolute atomic E-state index is 0.582. The largest absolute Gasteiger partial charge is 0.456 e. The van der Waals surface area contributed by atoms with Crippen LogP contribution in [0.2, 0.25) is 0 Å². The second-order valence-electron chi connectivity index (χ2n) is 14.4. The molecule has 266 valence electrons. The molecule has 0 saturated carbocycles. The van der Waals surface area contributed by atoms with Gasteiger partial charge in [0.2, 0.25) is 0 Å². The molecule has 0 aliphatic rings. The maximum Gasteiger partial charge on any atom is 0.164 e. The fourth-order valence-corrected chi connectivity index (χ4v) is 8.11. The Morgan fingerprint density at radius 1 is 0.281 bits per heavy atom. The molecular weight excluding hydrogens is 695 g/mol. The predicted octanol–water partition coefficient (Wildman–Crippen LogP) is 14.1. The van der Waals surface area contributed by atoms with Crippen molar-refractivity contribution in [3.8, 4) is 67.5 Å². The van der Waals surface area contributed by atoms with Crippen molar-refractivity contribution < 1.29 is 4.42 Å². The molecule has 4 nitrogen and oxygen atoms in total. The van der Waals surface area contributed by atoms with Gasteiger partial charge in [0.05, 0.1) is 0 Å². The number of hydrogen-bond donors (Lipinski definition) is 0. The van der Waals surface area contributed by atoms with Crippen LogP contribution in [-0.2, 0) is 0 Å². The lowest BCUT2D eigenvalue weighted by Crippen LogP contribution is -2.01. The summed E-state index contributed by atoms with van der Waals surface area (Å²) in [6, 6.07) is 69.9. The third-order valence-corrected chi connectivity index (χ3v) is 11.0. The zero-order valence-corrected chi connectivity index (χ0v) is 30.8. The van der Waals surface area contributed by atoms with Gasteiger partial charge in [0.15, 0.2) is 17.5 Å². The van der Waals surface area contributed by atoms with Crippen molar-refractivity contribution in [2.45, 2.75) is 0 Å². The summed E-state index contributed by atoms with van der Waals surface area (Å²) in [5, 5.41) is 6.72. The molecular formula is C53H33N3O. The summed E-state index contributed by atoms with van der Waals surface area (Å²) < 4.78 is 6.59. The molecule has 0 fully saturated rings. The molecule has 0 atom stereocenters. The predicted molar refractivity (Wildman–Crippen MR) is 235 cm³/mol. The van der Waals surface area contributed by atoms with E-state index < -0.39 is 0 Å².